The van der Waals surface area contributed by atoms with Crippen molar-refractivity contribution in [2.75, 3.05) is 26.3 Å². The second-order valence-corrected chi connectivity index (χ2v) is 9.72. The van der Waals surface area contributed by atoms with Crippen LogP contribution >= 0.6 is 12.4 Å². The van der Waals surface area contributed by atoms with Crippen LogP contribution < -0.4 is 11.1 Å². The summed E-state index contributed by atoms with van der Waals surface area (Å²) in [6.07, 6.45) is 0.0288. The summed E-state index contributed by atoms with van der Waals surface area (Å²) in [6, 6.07) is 18.1. The summed E-state index contributed by atoms with van der Waals surface area (Å²) in [5.74, 6) is -0.723. The molecule has 9 nitrogen and oxygen atoms in total. The highest BCUT2D eigenvalue weighted by atomic mass is 35.5. The Bertz CT molecular complexity index is 1040. The molecular formula is C28H38ClN3O6. The third kappa shape index (κ3) is 8.44. The maximum atomic E-state index is 13.5. The predicted octanol–water partition coefficient (Wildman–Crippen LogP) is 3.54. The molecule has 1 saturated heterocycles. The van der Waals surface area contributed by atoms with Crippen LogP contribution in [0.15, 0.2) is 60.7 Å². The molecule has 0 aromatic heterocycles. The van der Waals surface area contributed by atoms with E-state index >= 15 is 0 Å². The maximum absolute atomic E-state index is 13.5. The molecule has 0 spiro atoms. The number of halogens is 1. The van der Waals surface area contributed by atoms with Gasteiger partial charge in [-0.15, -0.1) is 12.4 Å². The molecule has 0 radical (unpaired) electrons. The highest BCUT2D eigenvalue weighted by molar-refractivity contribution is 5.91. The fraction of sp³-hybridized carbons (Fsp3) is 0.464. The fourth-order valence-corrected chi connectivity index (χ4v) is 4.19. The number of hydrogen-bond donors (Lipinski definition) is 2. The molecule has 38 heavy (non-hydrogen) atoms. The van der Waals surface area contributed by atoms with Crippen molar-refractivity contribution in [2.24, 2.45) is 5.73 Å². The van der Waals surface area contributed by atoms with E-state index in [1.807, 2.05) is 60.7 Å². The number of likely N-dealkylation sites (tertiary alicyclic amines) is 1. The molecule has 2 amide bonds. The molecule has 0 bridgehead atoms. The summed E-state index contributed by atoms with van der Waals surface area (Å²) in [6.45, 7) is 6.03. The number of nitrogens with two attached hydrogens (primary N) is 1. The summed E-state index contributed by atoms with van der Waals surface area (Å²) in [5, 5.41) is 2.76. The molecule has 1 heterocycles. The van der Waals surface area contributed by atoms with Crippen LogP contribution in [0.3, 0.4) is 0 Å². The average Bonchev–Trinajstić information content (AvgIpc) is 2.89. The minimum atomic E-state index is -1.16. The Morgan fingerprint density at radius 3 is 2.16 bits per heavy atom. The predicted molar refractivity (Wildman–Crippen MR) is 146 cm³/mol. The minimum Gasteiger partial charge on any atom is -0.435 e. The molecule has 2 aromatic carbocycles. The third-order valence-electron chi connectivity index (χ3n) is 6.31. The van der Waals surface area contributed by atoms with Crippen LogP contribution in [-0.2, 0) is 36.0 Å². The molecule has 1 aliphatic rings. The van der Waals surface area contributed by atoms with Gasteiger partial charge in [0.25, 0.3) is 0 Å². The van der Waals surface area contributed by atoms with Gasteiger partial charge in [-0.25, -0.2) is 4.79 Å². The zero-order valence-electron chi connectivity index (χ0n) is 22.2. The maximum Gasteiger partial charge on any atom is 0.509 e. The number of nitrogens with zero attached hydrogens (tertiary/aromatic N) is 1. The van der Waals surface area contributed by atoms with Crippen LogP contribution in [0.25, 0.3) is 0 Å². The largest absolute Gasteiger partial charge is 0.509 e. The Hall–Kier alpha value is -3.14. The van der Waals surface area contributed by atoms with Crippen molar-refractivity contribution in [3.05, 3.63) is 71.8 Å². The van der Waals surface area contributed by atoms with Crippen LogP contribution in [-0.4, -0.2) is 60.8 Å². The fourth-order valence-electron chi connectivity index (χ4n) is 4.19. The van der Waals surface area contributed by atoms with Crippen LogP contribution in [0.1, 0.15) is 44.7 Å². The van der Waals surface area contributed by atoms with E-state index in [1.54, 1.807) is 25.7 Å². The van der Waals surface area contributed by atoms with Gasteiger partial charge in [-0.05, 0) is 31.9 Å². The lowest BCUT2D eigenvalue weighted by molar-refractivity contribution is -0.144. The second kappa shape index (κ2) is 14.1. The smallest absolute Gasteiger partial charge is 0.435 e. The third-order valence-corrected chi connectivity index (χ3v) is 6.31. The SMILES string of the molecule is CCOC(=O)OC1(c2ccccc2)CCN(C(=O)[C@@H](COCc2ccccc2)NC(=O)C(C)(C)N)CC1.Cl. The molecular weight excluding hydrogens is 510 g/mol. The summed E-state index contributed by atoms with van der Waals surface area (Å²) < 4.78 is 16.7. The van der Waals surface area contributed by atoms with E-state index in [2.05, 4.69) is 5.32 Å². The van der Waals surface area contributed by atoms with E-state index in [1.165, 1.54) is 0 Å². The van der Waals surface area contributed by atoms with E-state index in [9.17, 15) is 14.4 Å². The topological polar surface area (TPSA) is 120 Å². The Morgan fingerprint density at radius 1 is 1.03 bits per heavy atom. The van der Waals surface area contributed by atoms with Gasteiger partial charge < -0.3 is 30.2 Å². The lowest BCUT2D eigenvalue weighted by Gasteiger charge is -2.42. The van der Waals surface area contributed by atoms with Gasteiger partial charge in [0.1, 0.15) is 11.6 Å². The van der Waals surface area contributed by atoms with Gasteiger partial charge in [0.05, 0.1) is 25.4 Å². The highest BCUT2D eigenvalue weighted by Gasteiger charge is 2.42. The first-order chi connectivity index (χ1) is 17.6. The van der Waals surface area contributed by atoms with Gasteiger partial charge in [-0.2, -0.15) is 0 Å². The zero-order valence-corrected chi connectivity index (χ0v) is 23.0. The van der Waals surface area contributed by atoms with Gasteiger partial charge in [-0.1, -0.05) is 60.7 Å². The first kappa shape index (κ1) is 31.1. The summed E-state index contributed by atoms with van der Waals surface area (Å²) in [5.41, 5.74) is 5.69. The zero-order chi connectivity index (χ0) is 26.9. The number of hydrogen-bond acceptors (Lipinski definition) is 7. The molecule has 0 saturated carbocycles. The number of rotatable bonds is 10. The van der Waals surface area contributed by atoms with Gasteiger partial charge >= 0.3 is 6.16 Å². The molecule has 208 valence electrons. The van der Waals surface area contributed by atoms with E-state index in [0.717, 1.165) is 11.1 Å². The summed E-state index contributed by atoms with van der Waals surface area (Å²) in [4.78, 5) is 40.1. The van der Waals surface area contributed by atoms with E-state index in [0.29, 0.717) is 32.5 Å². The van der Waals surface area contributed by atoms with Crippen molar-refractivity contribution in [1.29, 1.82) is 0 Å². The highest BCUT2D eigenvalue weighted by Crippen LogP contribution is 2.37. The van der Waals surface area contributed by atoms with E-state index in [-0.39, 0.29) is 31.5 Å². The molecule has 2 aromatic rings. The number of carbonyl (C=O) groups is 3. The number of carbonyl (C=O) groups excluding carboxylic acids is 3. The normalized spacial score (nSPS) is 15.5. The number of amides is 2. The number of ether oxygens (including phenoxy) is 3. The van der Waals surface area contributed by atoms with Crippen molar-refractivity contribution in [2.45, 2.75) is 57.4 Å². The minimum absolute atomic E-state index is 0. The van der Waals surface area contributed by atoms with Crippen LogP contribution in [0.5, 0.6) is 0 Å². The molecule has 3 N–H and O–H groups in total. The van der Waals surface area contributed by atoms with Crippen LogP contribution in [0, 0.1) is 0 Å². The lowest BCUT2D eigenvalue weighted by atomic mass is 9.84. The summed E-state index contributed by atoms with van der Waals surface area (Å²) >= 11 is 0. The molecule has 0 unspecified atom stereocenters. The van der Waals surface area contributed by atoms with Gasteiger partial charge in [-0.3, -0.25) is 9.59 Å². The van der Waals surface area contributed by atoms with Crippen molar-refractivity contribution in [3.8, 4) is 0 Å². The quantitative estimate of drug-likeness (QED) is 0.436. The van der Waals surface area contributed by atoms with Gasteiger partial charge in [0.15, 0.2) is 0 Å². The van der Waals surface area contributed by atoms with E-state index in [4.69, 9.17) is 19.9 Å². The number of nitrogens with one attached hydrogen (secondary N) is 1. The number of benzene rings is 2. The molecule has 1 atom stereocenters. The Kier molecular flexibility index (Phi) is 11.6. The van der Waals surface area contributed by atoms with Crippen molar-refractivity contribution in [1.82, 2.24) is 10.2 Å². The first-order valence-corrected chi connectivity index (χ1v) is 12.6. The molecule has 10 heteroatoms. The monoisotopic (exact) mass is 547 g/mol. The Morgan fingerprint density at radius 2 is 1.61 bits per heavy atom. The van der Waals surface area contributed by atoms with Crippen molar-refractivity contribution in [3.63, 3.8) is 0 Å². The molecule has 3 rings (SSSR count). The summed E-state index contributed by atoms with van der Waals surface area (Å²) in [7, 11) is 0. The first-order valence-electron chi connectivity index (χ1n) is 12.6. The molecule has 1 fully saturated rings. The van der Waals surface area contributed by atoms with Crippen LogP contribution in [0.2, 0.25) is 0 Å². The number of piperidine rings is 1. The van der Waals surface area contributed by atoms with Crippen LogP contribution in [0.4, 0.5) is 4.79 Å². The molecule has 0 aliphatic carbocycles. The van der Waals surface area contributed by atoms with E-state index < -0.39 is 29.2 Å². The standard InChI is InChI=1S/C28H37N3O6.ClH/c1-4-36-26(34)37-28(22-13-9-6-10-14-22)15-17-31(18-16-28)24(32)23(30-25(33)27(2,3)29)20-35-19-21-11-7-5-8-12-21;/h5-14,23H,4,15-20,29H2,1-3H3,(H,30,33);1H/t23-;/m1./s1. The van der Waals surface area contributed by atoms with Gasteiger partial charge in [0.2, 0.25) is 11.8 Å². The Balaban J connectivity index is 0.00000507. The lowest BCUT2D eigenvalue weighted by Crippen LogP contribution is -2.59. The average molecular weight is 548 g/mol. The Labute approximate surface area is 230 Å². The van der Waals surface area contributed by atoms with Crippen molar-refractivity contribution < 1.29 is 28.6 Å². The second-order valence-electron chi connectivity index (χ2n) is 9.72. The van der Waals surface area contributed by atoms with Gasteiger partial charge in [0, 0.05) is 25.9 Å². The van der Waals surface area contributed by atoms with Crippen molar-refractivity contribution >= 4 is 30.4 Å². The molecule has 1 aliphatic heterocycles.